The fourth-order valence-electron chi connectivity index (χ4n) is 3.57. The zero-order chi connectivity index (χ0) is 14.1. The molecule has 0 spiro atoms. The molecule has 1 fully saturated rings. The molecule has 1 aliphatic carbocycles. The van der Waals surface area contributed by atoms with E-state index in [4.69, 9.17) is 5.73 Å². The third kappa shape index (κ3) is 2.28. The molecule has 0 saturated heterocycles. The predicted octanol–water partition coefficient (Wildman–Crippen LogP) is 2.58. The molecule has 1 aromatic heterocycles. The lowest BCUT2D eigenvalue weighted by molar-refractivity contribution is -0.0932. The lowest BCUT2D eigenvalue weighted by Crippen LogP contribution is -2.49. The minimum atomic E-state index is -1.07. The largest absolute Gasteiger partial charge is 0.383 e. The van der Waals surface area contributed by atoms with Crippen LogP contribution in [0.3, 0.4) is 0 Å². The van der Waals surface area contributed by atoms with Crippen molar-refractivity contribution in [1.82, 2.24) is 4.98 Å². The summed E-state index contributed by atoms with van der Waals surface area (Å²) in [6.45, 7) is 4.55. The highest BCUT2D eigenvalue weighted by molar-refractivity contribution is 5.20. The van der Waals surface area contributed by atoms with E-state index in [1.165, 1.54) is 12.3 Å². The Morgan fingerprint density at radius 1 is 1.58 bits per heavy atom. The summed E-state index contributed by atoms with van der Waals surface area (Å²) >= 11 is 0. The summed E-state index contributed by atoms with van der Waals surface area (Å²) in [4.78, 5) is 4.10. The number of halogens is 1. The third-order valence-electron chi connectivity index (χ3n) is 4.79. The van der Waals surface area contributed by atoms with Crippen LogP contribution in [0.4, 0.5) is 4.39 Å². The number of aliphatic hydroxyl groups is 1. The summed E-state index contributed by atoms with van der Waals surface area (Å²) in [7, 11) is 0. The topological polar surface area (TPSA) is 59.1 Å². The Labute approximate surface area is 114 Å². The van der Waals surface area contributed by atoms with Gasteiger partial charge in [-0.15, -0.1) is 0 Å². The molecule has 1 aromatic rings. The Hall–Kier alpha value is -1.00. The molecule has 3 N–H and O–H groups in total. The van der Waals surface area contributed by atoms with Gasteiger partial charge < -0.3 is 10.8 Å². The first-order valence-electron chi connectivity index (χ1n) is 7.02. The molecule has 2 rings (SSSR count). The van der Waals surface area contributed by atoms with Gasteiger partial charge in [-0.2, -0.15) is 0 Å². The summed E-state index contributed by atoms with van der Waals surface area (Å²) in [5.41, 5.74) is 5.13. The molecular weight excluding hydrogens is 243 g/mol. The first-order valence-corrected chi connectivity index (χ1v) is 7.02. The van der Waals surface area contributed by atoms with E-state index in [1.54, 1.807) is 6.07 Å². The molecule has 1 heterocycles. The minimum Gasteiger partial charge on any atom is -0.383 e. The lowest BCUT2D eigenvalue weighted by Gasteiger charge is -2.44. The molecule has 0 bridgehead atoms. The molecule has 0 amide bonds. The predicted molar refractivity (Wildman–Crippen MR) is 72.9 cm³/mol. The Morgan fingerprint density at radius 3 is 2.74 bits per heavy atom. The maximum absolute atomic E-state index is 13.0. The first kappa shape index (κ1) is 14.4. The quantitative estimate of drug-likeness (QED) is 0.880. The van der Waals surface area contributed by atoms with Gasteiger partial charge in [-0.3, -0.25) is 4.98 Å². The molecule has 3 atom stereocenters. The molecule has 1 saturated carbocycles. The standard InChI is InChI=1S/C15H23FN2O/c1-3-15(19,13-5-4-12(16)9-18-13)14(10-17)7-6-11(2)8-14/h4-5,9,11,19H,3,6-8,10,17H2,1-2H3. The fourth-order valence-corrected chi connectivity index (χ4v) is 3.57. The number of hydrogen-bond acceptors (Lipinski definition) is 3. The average molecular weight is 266 g/mol. The van der Waals surface area contributed by atoms with Gasteiger partial charge in [-0.1, -0.05) is 13.8 Å². The van der Waals surface area contributed by atoms with Crippen molar-refractivity contribution in [2.24, 2.45) is 17.1 Å². The van der Waals surface area contributed by atoms with Gasteiger partial charge in [0.05, 0.1) is 11.9 Å². The van der Waals surface area contributed by atoms with Crippen molar-refractivity contribution in [2.75, 3.05) is 6.54 Å². The second-order valence-electron chi connectivity index (χ2n) is 5.91. The van der Waals surface area contributed by atoms with Gasteiger partial charge in [0.1, 0.15) is 11.4 Å². The van der Waals surface area contributed by atoms with E-state index in [0.717, 1.165) is 19.3 Å². The van der Waals surface area contributed by atoms with Crippen LogP contribution in [0.15, 0.2) is 18.3 Å². The number of aromatic nitrogens is 1. The fraction of sp³-hybridized carbons (Fsp3) is 0.667. The normalized spacial score (nSPS) is 30.3. The number of nitrogens with zero attached hydrogens (tertiary/aromatic N) is 1. The van der Waals surface area contributed by atoms with Gasteiger partial charge >= 0.3 is 0 Å². The molecule has 0 radical (unpaired) electrons. The van der Waals surface area contributed by atoms with E-state index < -0.39 is 5.60 Å². The van der Waals surface area contributed by atoms with E-state index >= 15 is 0 Å². The van der Waals surface area contributed by atoms with Crippen LogP contribution in [0, 0.1) is 17.2 Å². The van der Waals surface area contributed by atoms with Gasteiger partial charge in [-0.05, 0) is 43.7 Å². The van der Waals surface area contributed by atoms with Crippen LogP contribution in [-0.2, 0) is 5.60 Å². The maximum atomic E-state index is 13.0. The van der Waals surface area contributed by atoms with Crippen molar-refractivity contribution in [2.45, 2.75) is 45.1 Å². The summed E-state index contributed by atoms with van der Waals surface area (Å²) in [6.07, 6.45) is 4.57. The van der Waals surface area contributed by atoms with Crippen molar-refractivity contribution >= 4 is 0 Å². The van der Waals surface area contributed by atoms with Gasteiger partial charge in [0.15, 0.2) is 0 Å². The van der Waals surface area contributed by atoms with Crippen molar-refractivity contribution in [3.8, 4) is 0 Å². The zero-order valence-electron chi connectivity index (χ0n) is 11.7. The Bertz CT molecular complexity index is 436. The Morgan fingerprint density at radius 2 is 2.32 bits per heavy atom. The highest BCUT2D eigenvalue weighted by Crippen LogP contribution is 2.53. The molecule has 0 aromatic carbocycles. The Balaban J connectivity index is 2.43. The number of nitrogens with two attached hydrogens (primary N) is 1. The van der Waals surface area contributed by atoms with Gasteiger partial charge in [0.2, 0.25) is 0 Å². The van der Waals surface area contributed by atoms with Gasteiger partial charge in [-0.25, -0.2) is 4.39 Å². The van der Waals surface area contributed by atoms with Crippen LogP contribution in [0.2, 0.25) is 0 Å². The van der Waals surface area contributed by atoms with Crippen molar-refractivity contribution < 1.29 is 9.50 Å². The lowest BCUT2D eigenvalue weighted by atomic mass is 9.66. The van der Waals surface area contributed by atoms with E-state index in [9.17, 15) is 9.50 Å². The van der Waals surface area contributed by atoms with Crippen LogP contribution < -0.4 is 5.73 Å². The highest BCUT2D eigenvalue weighted by Gasteiger charge is 2.53. The maximum Gasteiger partial charge on any atom is 0.141 e. The molecule has 1 aliphatic rings. The van der Waals surface area contributed by atoms with Crippen LogP contribution in [-0.4, -0.2) is 16.6 Å². The van der Waals surface area contributed by atoms with Crippen molar-refractivity contribution in [1.29, 1.82) is 0 Å². The van der Waals surface area contributed by atoms with Crippen molar-refractivity contribution in [3.63, 3.8) is 0 Å². The first-order chi connectivity index (χ1) is 8.97. The van der Waals surface area contributed by atoms with Crippen LogP contribution in [0.1, 0.15) is 45.2 Å². The second-order valence-corrected chi connectivity index (χ2v) is 5.91. The number of hydrogen-bond donors (Lipinski definition) is 2. The highest BCUT2D eigenvalue weighted by atomic mass is 19.1. The Kier molecular flexibility index (Phi) is 3.92. The van der Waals surface area contributed by atoms with Gasteiger partial charge in [0, 0.05) is 12.0 Å². The molecule has 3 unspecified atom stereocenters. The van der Waals surface area contributed by atoms with E-state index in [-0.39, 0.29) is 11.2 Å². The molecule has 4 heteroatoms. The minimum absolute atomic E-state index is 0.341. The smallest absolute Gasteiger partial charge is 0.141 e. The third-order valence-corrected chi connectivity index (χ3v) is 4.79. The van der Waals surface area contributed by atoms with Crippen LogP contribution in [0.25, 0.3) is 0 Å². The molecule has 106 valence electrons. The van der Waals surface area contributed by atoms with Crippen molar-refractivity contribution in [3.05, 3.63) is 29.8 Å². The summed E-state index contributed by atoms with van der Waals surface area (Å²) in [5, 5.41) is 11.2. The molecule has 0 aliphatic heterocycles. The molecule has 3 nitrogen and oxygen atoms in total. The second kappa shape index (κ2) is 5.17. The monoisotopic (exact) mass is 266 g/mol. The number of pyridine rings is 1. The summed E-state index contributed by atoms with van der Waals surface area (Å²) in [6, 6.07) is 2.94. The zero-order valence-corrected chi connectivity index (χ0v) is 11.7. The van der Waals surface area contributed by atoms with Crippen LogP contribution >= 0.6 is 0 Å². The van der Waals surface area contributed by atoms with E-state index in [0.29, 0.717) is 24.6 Å². The van der Waals surface area contributed by atoms with Crippen LogP contribution in [0.5, 0.6) is 0 Å². The summed E-state index contributed by atoms with van der Waals surface area (Å²) in [5.74, 6) is 0.172. The summed E-state index contributed by atoms with van der Waals surface area (Å²) < 4.78 is 13.0. The van der Waals surface area contributed by atoms with E-state index in [1.807, 2.05) is 6.92 Å². The average Bonchev–Trinajstić information content (AvgIpc) is 2.82. The van der Waals surface area contributed by atoms with E-state index in [2.05, 4.69) is 11.9 Å². The van der Waals surface area contributed by atoms with Gasteiger partial charge in [0.25, 0.3) is 0 Å². The molecule has 19 heavy (non-hydrogen) atoms. The SMILES string of the molecule is CCC(O)(c1ccc(F)cn1)C1(CN)CCC(C)C1. The number of rotatable bonds is 4. The molecular formula is C15H23FN2O.